The van der Waals surface area contributed by atoms with Crippen molar-refractivity contribution < 1.29 is 29.9 Å². The number of rotatable bonds is 6. The van der Waals surface area contributed by atoms with Crippen LogP contribution in [-0.4, -0.2) is 58.6 Å². The molecule has 1 saturated heterocycles. The van der Waals surface area contributed by atoms with E-state index in [-0.39, 0.29) is 0 Å². The number of methoxy groups -OCH3 is 1. The van der Waals surface area contributed by atoms with Crippen molar-refractivity contribution in [2.45, 2.75) is 43.4 Å². The van der Waals surface area contributed by atoms with E-state index in [0.29, 0.717) is 0 Å². The second-order valence-electron chi connectivity index (χ2n) is 7.58. The molecule has 160 valence electrons. The van der Waals surface area contributed by atoms with Gasteiger partial charge in [-0.1, -0.05) is 24.3 Å². The predicted octanol–water partition coefficient (Wildman–Crippen LogP) is 2.21. The molecule has 0 bridgehead atoms. The van der Waals surface area contributed by atoms with Gasteiger partial charge in [0.25, 0.3) is 0 Å². The summed E-state index contributed by atoms with van der Waals surface area (Å²) >= 11 is 1.49. The standard InChI is InChI=1S/C23H26O6S/c1-28-15-6-2-4-13(10-15)8-9-14-5-3-7-18-16(14)11-19(30-18)23-22(27)21(26)20(25)17(12-24)29-23/h2-7,10-11,17,20-27H,8-9,12H2,1H3/t17-,20-,21+,22-,23+/m1/s1. The van der Waals surface area contributed by atoms with Crippen LogP contribution in [0.5, 0.6) is 5.75 Å². The second kappa shape index (κ2) is 9.01. The smallest absolute Gasteiger partial charge is 0.121 e. The molecule has 2 aromatic carbocycles. The Bertz CT molecular complexity index is 1000. The zero-order chi connectivity index (χ0) is 21.3. The van der Waals surface area contributed by atoms with Crippen molar-refractivity contribution in [2.75, 3.05) is 13.7 Å². The normalized spacial score (nSPS) is 26.8. The van der Waals surface area contributed by atoms with E-state index >= 15 is 0 Å². The van der Waals surface area contributed by atoms with Gasteiger partial charge in [-0.3, -0.25) is 0 Å². The van der Waals surface area contributed by atoms with Gasteiger partial charge in [0.05, 0.1) is 13.7 Å². The number of thiophene rings is 1. The van der Waals surface area contributed by atoms with Crippen LogP contribution in [0.1, 0.15) is 22.1 Å². The first-order chi connectivity index (χ1) is 14.5. The number of aliphatic hydroxyl groups excluding tert-OH is 4. The second-order valence-corrected chi connectivity index (χ2v) is 8.69. The molecule has 7 heteroatoms. The van der Waals surface area contributed by atoms with Crippen LogP contribution < -0.4 is 4.74 Å². The van der Waals surface area contributed by atoms with Crippen LogP contribution in [0.4, 0.5) is 0 Å². The summed E-state index contributed by atoms with van der Waals surface area (Å²) in [7, 11) is 1.66. The molecule has 1 fully saturated rings. The van der Waals surface area contributed by atoms with Gasteiger partial charge in [-0.15, -0.1) is 11.3 Å². The zero-order valence-corrected chi connectivity index (χ0v) is 17.5. The lowest BCUT2D eigenvalue weighted by atomic mass is 9.94. The molecule has 30 heavy (non-hydrogen) atoms. The number of benzene rings is 2. The van der Waals surface area contributed by atoms with Gasteiger partial charge < -0.3 is 29.9 Å². The van der Waals surface area contributed by atoms with Crippen LogP contribution in [0.2, 0.25) is 0 Å². The molecule has 0 amide bonds. The van der Waals surface area contributed by atoms with Crippen LogP contribution in [-0.2, 0) is 17.6 Å². The van der Waals surface area contributed by atoms with Crippen LogP contribution in [0.3, 0.4) is 0 Å². The Balaban J connectivity index is 1.59. The first-order valence-corrected chi connectivity index (χ1v) is 10.8. The number of aliphatic hydroxyl groups is 4. The van der Waals surface area contributed by atoms with E-state index in [4.69, 9.17) is 9.47 Å². The Labute approximate surface area is 178 Å². The minimum atomic E-state index is -1.38. The van der Waals surface area contributed by atoms with Gasteiger partial charge in [0.1, 0.15) is 36.3 Å². The van der Waals surface area contributed by atoms with E-state index in [0.717, 1.165) is 33.6 Å². The van der Waals surface area contributed by atoms with Crippen molar-refractivity contribution >= 4 is 21.4 Å². The third-order valence-corrected chi connectivity index (χ3v) is 6.82. The highest BCUT2D eigenvalue weighted by Gasteiger charge is 2.44. The van der Waals surface area contributed by atoms with Crippen LogP contribution in [0, 0.1) is 0 Å². The SMILES string of the molecule is COc1cccc(CCc2cccc3sc([C@@H]4O[C@H](CO)[C@@H](O)[C@H](O)[C@H]4O)cc23)c1. The lowest BCUT2D eigenvalue weighted by molar-refractivity contribution is -0.230. The fourth-order valence-corrected chi connectivity index (χ4v) is 5.13. The number of ether oxygens (including phenoxy) is 2. The van der Waals surface area contributed by atoms with Crippen molar-refractivity contribution in [1.29, 1.82) is 0 Å². The molecule has 0 saturated carbocycles. The average molecular weight is 431 g/mol. The van der Waals surface area contributed by atoms with Crippen LogP contribution in [0.15, 0.2) is 48.5 Å². The largest absolute Gasteiger partial charge is 0.497 e. The Morgan fingerprint density at radius 2 is 1.77 bits per heavy atom. The third-order valence-electron chi connectivity index (χ3n) is 5.66. The first-order valence-electron chi connectivity index (χ1n) is 9.96. The first kappa shape index (κ1) is 21.2. The zero-order valence-electron chi connectivity index (χ0n) is 16.6. The molecule has 1 aromatic heterocycles. The summed E-state index contributed by atoms with van der Waals surface area (Å²) in [6.45, 7) is -0.432. The number of hydrogen-bond donors (Lipinski definition) is 4. The Morgan fingerprint density at radius 1 is 0.967 bits per heavy atom. The molecular formula is C23H26O6S. The van der Waals surface area contributed by atoms with Gasteiger partial charge in [-0.2, -0.15) is 0 Å². The number of fused-ring (bicyclic) bond motifs is 1. The molecular weight excluding hydrogens is 404 g/mol. The van der Waals surface area contributed by atoms with Gasteiger partial charge in [0.15, 0.2) is 0 Å². The molecule has 6 nitrogen and oxygen atoms in total. The maximum atomic E-state index is 10.4. The van der Waals surface area contributed by atoms with Crippen molar-refractivity contribution in [3.8, 4) is 5.75 Å². The maximum absolute atomic E-state index is 10.4. The fourth-order valence-electron chi connectivity index (χ4n) is 3.94. The van der Waals surface area contributed by atoms with Crippen molar-refractivity contribution in [2.24, 2.45) is 0 Å². The fraction of sp³-hybridized carbons (Fsp3) is 0.391. The van der Waals surface area contributed by atoms with Gasteiger partial charge in [-0.25, -0.2) is 0 Å². The lowest BCUT2D eigenvalue weighted by Crippen LogP contribution is -2.55. The average Bonchev–Trinajstić information content (AvgIpc) is 3.21. The highest BCUT2D eigenvalue weighted by atomic mass is 32.1. The van der Waals surface area contributed by atoms with Gasteiger partial charge in [-0.05, 0) is 53.6 Å². The van der Waals surface area contributed by atoms with E-state index < -0.39 is 37.1 Å². The summed E-state index contributed by atoms with van der Waals surface area (Å²) in [5.41, 5.74) is 2.37. The lowest BCUT2D eigenvalue weighted by Gasteiger charge is -2.39. The summed E-state index contributed by atoms with van der Waals surface area (Å²) in [6, 6.07) is 16.1. The van der Waals surface area contributed by atoms with Crippen LogP contribution >= 0.6 is 11.3 Å². The maximum Gasteiger partial charge on any atom is 0.121 e. The highest BCUT2D eigenvalue weighted by Crippen LogP contribution is 2.39. The molecule has 4 N–H and O–H groups in total. The minimum absolute atomic E-state index is 0.432. The molecule has 0 unspecified atom stereocenters. The van der Waals surface area contributed by atoms with E-state index in [1.54, 1.807) is 7.11 Å². The summed E-state index contributed by atoms with van der Waals surface area (Å²) in [5, 5.41) is 41.1. The van der Waals surface area contributed by atoms with Crippen molar-refractivity contribution in [1.82, 2.24) is 0 Å². The van der Waals surface area contributed by atoms with E-state index in [1.165, 1.54) is 22.5 Å². The molecule has 5 atom stereocenters. The highest BCUT2D eigenvalue weighted by molar-refractivity contribution is 7.19. The molecule has 0 radical (unpaired) electrons. The molecule has 0 aliphatic carbocycles. The summed E-state index contributed by atoms with van der Waals surface area (Å²) < 4.78 is 12.1. The topological polar surface area (TPSA) is 99.4 Å². The molecule has 0 spiro atoms. The van der Waals surface area contributed by atoms with Crippen molar-refractivity contribution in [3.63, 3.8) is 0 Å². The molecule has 3 aromatic rings. The van der Waals surface area contributed by atoms with Crippen molar-refractivity contribution in [3.05, 3.63) is 64.5 Å². The van der Waals surface area contributed by atoms with E-state index in [1.807, 2.05) is 36.4 Å². The summed E-state index contributed by atoms with van der Waals surface area (Å²) in [4.78, 5) is 0.760. The van der Waals surface area contributed by atoms with Gasteiger partial charge in [0.2, 0.25) is 0 Å². The molecule has 2 heterocycles. The summed E-state index contributed by atoms with van der Waals surface area (Å²) in [5.74, 6) is 0.839. The van der Waals surface area contributed by atoms with E-state index in [2.05, 4.69) is 12.1 Å². The monoisotopic (exact) mass is 430 g/mol. The quantitative estimate of drug-likeness (QED) is 0.479. The van der Waals surface area contributed by atoms with Crippen LogP contribution in [0.25, 0.3) is 10.1 Å². The Morgan fingerprint density at radius 3 is 2.53 bits per heavy atom. The van der Waals surface area contributed by atoms with Gasteiger partial charge >= 0.3 is 0 Å². The Kier molecular flexibility index (Phi) is 6.38. The molecule has 1 aliphatic heterocycles. The predicted molar refractivity (Wildman–Crippen MR) is 115 cm³/mol. The number of hydrogen-bond acceptors (Lipinski definition) is 7. The Hall–Kier alpha value is -2.00. The minimum Gasteiger partial charge on any atom is -0.497 e. The van der Waals surface area contributed by atoms with Gasteiger partial charge in [0, 0.05) is 9.58 Å². The third kappa shape index (κ3) is 4.09. The summed E-state index contributed by atoms with van der Waals surface area (Å²) in [6.07, 6.45) is -4.00. The molecule has 1 aliphatic rings. The van der Waals surface area contributed by atoms with E-state index in [9.17, 15) is 20.4 Å². The molecule has 4 rings (SSSR count). The number of aryl methyl sites for hydroxylation is 2.